The summed E-state index contributed by atoms with van der Waals surface area (Å²) < 4.78 is 5.78. The van der Waals surface area contributed by atoms with Gasteiger partial charge in [-0.15, -0.1) is 0 Å². The molecule has 1 N–H and O–H groups in total. The third-order valence-corrected chi connectivity index (χ3v) is 5.16. The topological polar surface area (TPSA) is 41.6 Å². The maximum atomic E-state index is 12.7. The average Bonchev–Trinajstić information content (AvgIpc) is 2.64. The summed E-state index contributed by atoms with van der Waals surface area (Å²) in [5.41, 5.74) is 0. The van der Waals surface area contributed by atoms with Gasteiger partial charge < -0.3 is 4.74 Å². The van der Waals surface area contributed by atoms with Crippen LogP contribution in [0.3, 0.4) is 0 Å². The van der Waals surface area contributed by atoms with Crippen molar-refractivity contribution >= 4 is 6.09 Å². The molecule has 0 radical (unpaired) electrons. The van der Waals surface area contributed by atoms with E-state index in [9.17, 15) is 4.79 Å². The van der Waals surface area contributed by atoms with Crippen molar-refractivity contribution in [2.75, 3.05) is 19.8 Å². The van der Waals surface area contributed by atoms with Crippen molar-refractivity contribution < 1.29 is 9.53 Å². The van der Waals surface area contributed by atoms with Crippen LogP contribution in [0.15, 0.2) is 0 Å². The molecule has 0 aromatic carbocycles. The van der Waals surface area contributed by atoms with Crippen LogP contribution >= 0.6 is 0 Å². The van der Waals surface area contributed by atoms with Crippen molar-refractivity contribution in [3.63, 3.8) is 0 Å². The Labute approximate surface area is 176 Å². The number of nitrogens with one attached hydrogen (secondary N) is 1. The van der Waals surface area contributed by atoms with Gasteiger partial charge in [0.2, 0.25) is 0 Å². The second-order valence-electron chi connectivity index (χ2n) is 9.13. The number of nitrogens with zero attached hydrogens (tertiary/aromatic N) is 1. The minimum atomic E-state index is -0.161. The van der Waals surface area contributed by atoms with Gasteiger partial charge in [-0.2, -0.15) is 0 Å². The van der Waals surface area contributed by atoms with Crippen molar-refractivity contribution in [1.29, 1.82) is 0 Å². The van der Waals surface area contributed by atoms with Gasteiger partial charge >= 0.3 is 6.09 Å². The highest BCUT2D eigenvalue weighted by atomic mass is 16.6. The Bertz CT molecular complexity index is 359. The molecule has 0 aliphatic rings. The van der Waals surface area contributed by atoms with Gasteiger partial charge in [0.25, 0.3) is 0 Å². The van der Waals surface area contributed by atoms with Gasteiger partial charge in [0.05, 0.1) is 13.3 Å². The second kappa shape index (κ2) is 18.3. The van der Waals surface area contributed by atoms with E-state index in [2.05, 4.69) is 46.9 Å². The standard InChI is InChI=1S/C24H50N2O2/c1-7-9-11-13-15-17-23(16-14-12-10-8-2)19-28-24(27)26(18-21(3)4)20-25-22(5)6/h21-23,25H,7-20H2,1-6H3. The molecule has 4 nitrogen and oxygen atoms in total. The van der Waals surface area contributed by atoms with E-state index in [-0.39, 0.29) is 6.09 Å². The molecule has 0 fully saturated rings. The molecule has 0 aromatic heterocycles. The molecule has 0 aliphatic carbocycles. The monoisotopic (exact) mass is 398 g/mol. The Morgan fingerprint density at radius 3 is 1.89 bits per heavy atom. The molecule has 0 rings (SSSR count). The lowest BCUT2D eigenvalue weighted by atomic mass is 9.95. The summed E-state index contributed by atoms with van der Waals surface area (Å²) in [6.07, 6.45) is 13.9. The van der Waals surface area contributed by atoms with Gasteiger partial charge in [-0.3, -0.25) is 10.2 Å². The minimum absolute atomic E-state index is 0.161. The van der Waals surface area contributed by atoms with Crippen LogP contribution in [0.25, 0.3) is 0 Å². The number of hydrogen-bond donors (Lipinski definition) is 1. The van der Waals surface area contributed by atoms with Crippen LogP contribution in [0.2, 0.25) is 0 Å². The number of hydrogen-bond acceptors (Lipinski definition) is 3. The van der Waals surface area contributed by atoms with E-state index < -0.39 is 0 Å². The van der Waals surface area contributed by atoms with E-state index >= 15 is 0 Å². The first-order valence-corrected chi connectivity index (χ1v) is 12.1. The largest absolute Gasteiger partial charge is 0.449 e. The number of amides is 1. The molecule has 168 valence electrons. The van der Waals surface area contributed by atoms with Crippen molar-refractivity contribution in [2.24, 2.45) is 11.8 Å². The molecule has 0 heterocycles. The molecule has 0 aliphatic heterocycles. The molecular weight excluding hydrogens is 348 g/mol. The number of ether oxygens (including phenoxy) is 1. The first-order valence-electron chi connectivity index (χ1n) is 12.1. The van der Waals surface area contributed by atoms with Crippen molar-refractivity contribution in [2.45, 2.75) is 118 Å². The second-order valence-corrected chi connectivity index (χ2v) is 9.13. The van der Waals surface area contributed by atoms with Crippen LogP contribution in [0, 0.1) is 11.8 Å². The normalized spacial score (nSPS) is 12.6. The Kier molecular flexibility index (Phi) is 17.8. The number of rotatable bonds is 18. The van der Waals surface area contributed by atoms with Crippen LogP contribution < -0.4 is 5.32 Å². The zero-order chi connectivity index (χ0) is 21.2. The Morgan fingerprint density at radius 2 is 1.39 bits per heavy atom. The minimum Gasteiger partial charge on any atom is -0.449 e. The zero-order valence-electron chi connectivity index (χ0n) is 19.9. The summed E-state index contributed by atoms with van der Waals surface area (Å²) in [6.45, 7) is 14.9. The highest BCUT2D eigenvalue weighted by Gasteiger charge is 2.19. The van der Waals surface area contributed by atoms with Gasteiger partial charge in [-0.25, -0.2) is 4.79 Å². The molecule has 0 spiro atoms. The maximum absolute atomic E-state index is 12.7. The first kappa shape index (κ1) is 27.2. The fraction of sp³-hybridized carbons (Fsp3) is 0.958. The lowest BCUT2D eigenvalue weighted by molar-refractivity contribution is 0.0763. The van der Waals surface area contributed by atoms with Crippen LogP contribution in [0.5, 0.6) is 0 Å². The zero-order valence-corrected chi connectivity index (χ0v) is 19.9. The summed E-state index contributed by atoms with van der Waals surface area (Å²) >= 11 is 0. The van der Waals surface area contributed by atoms with E-state index in [1.54, 1.807) is 0 Å². The van der Waals surface area contributed by atoms with Gasteiger partial charge in [0.15, 0.2) is 0 Å². The van der Waals surface area contributed by atoms with E-state index in [0.717, 1.165) is 6.54 Å². The van der Waals surface area contributed by atoms with Gasteiger partial charge in [0, 0.05) is 12.6 Å². The Hall–Kier alpha value is -0.770. The number of unbranched alkanes of at least 4 members (excludes halogenated alkanes) is 7. The highest BCUT2D eigenvalue weighted by Crippen LogP contribution is 2.19. The van der Waals surface area contributed by atoms with Crippen molar-refractivity contribution in [3.05, 3.63) is 0 Å². The summed E-state index contributed by atoms with van der Waals surface area (Å²) in [7, 11) is 0. The molecule has 1 unspecified atom stereocenters. The number of carbonyl (C=O) groups is 1. The lowest BCUT2D eigenvalue weighted by Crippen LogP contribution is -2.43. The summed E-state index contributed by atoms with van der Waals surface area (Å²) in [5.74, 6) is 0.950. The SMILES string of the molecule is CCCCCCCC(CCCCCC)COC(=O)N(CNC(C)C)CC(C)C. The smallest absolute Gasteiger partial charge is 0.410 e. The number of carbonyl (C=O) groups excluding carboxylic acids is 1. The molecule has 0 bridgehead atoms. The molecule has 1 atom stereocenters. The Morgan fingerprint density at radius 1 is 0.857 bits per heavy atom. The summed E-state index contributed by atoms with van der Waals surface area (Å²) in [6, 6.07) is 0.358. The van der Waals surface area contributed by atoms with E-state index in [1.165, 1.54) is 70.6 Å². The molecule has 0 saturated carbocycles. The molecule has 1 amide bonds. The molecule has 4 heteroatoms. The predicted molar refractivity (Wildman–Crippen MR) is 122 cm³/mol. The third-order valence-electron chi connectivity index (χ3n) is 5.16. The van der Waals surface area contributed by atoms with Crippen LogP contribution in [-0.4, -0.2) is 36.9 Å². The van der Waals surface area contributed by atoms with E-state index in [0.29, 0.717) is 31.2 Å². The van der Waals surface area contributed by atoms with Gasteiger partial charge in [-0.05, 0) is 38.5 Å². The highest BCUT2D eigenvalue weighted by molar-refractivity contribution is 5.67. The fourth-order valence-electron chi connectivity index (χ4n) is 3.42. The first-order chi connectivity index (χ1) is 13.4. The Balaban J connectivity index is 4.49. The maximum Gasteiger partial charge on any atom is 0.410 e. The quantitative estimate of drug-likeness (QED) is 0.200. The molecule has 0 saturated heterocycles. The molecule has 28 heavy (non-hydrogen) atoms. The van der Waals surface area contributed by atoms with Crippen molar-refractivity contribution in [3.8, 4) is 0 Å². The van der Waals surface area contributed by atoms with E-state index in [4.69, 9.17) is 4.74 Å². The average molecular weight is 399 g/mol. The van der Waals surface area contributed by atoms with Gasteiger partial charge in [0.1, 0.15) is 0 Å². The summed E-state index contributed by atoms with van der Waals surface area (Å²) in [5, 5.41) is 3.35. The van der Waals surface area contributed by atoms with Crippen LogP contribution in [0.1, 0.15) is 112 Å². The van der Waals surface area contributed by atoms with Crippen LogP contribution in [0.4, 0.5) is 4.79 Å². The third kappa shape index (κ3) is 16.2. The lowest BCUT2D eigenvalue weighted by Gasteiger charge is -2.26. The van der Waals surface area contributed by atoms with Gasteiger partial charge in [-0.1, -0.05) is 85.5 Å². The fourth-order valence-corrected chi connectivity index (χ4v) is 3.42. The van der Waals surface area contributed by atoms with E-state index in [1.807, 2.05) is 4.90 Å². The van der Waals surface area contributed by atoms with Crippen LogP contribution in [-0.2, 0) is 4.74 Å². The predicted octanol–water partition coefficient (Wildman–Crippen LogP) is 6.98. The molecular formula is C24H50N2O2. The summed E-state index contributed by atoms with van der Waals surface area (Å²) in [4.78, 5) is 14.5. The van der Waals surface area contributed by atoms with Crippen molar-refractivity contribution in [1.82, 2.24) is 10.2 Å². The molecule has 0 aromatic rings.